The molecule has 0 fully saturated rings. The molecule has 10 heteroatoms. The normalized spacial score (nSPS) is 11.2. The molecule has 0 saturated heterocycles. The number of nitrogens with one attached hydrogen (secondary N) is 1. The molecule has 1 aromatic heterocycles. The summed E-state index contributed by atoms with van der Waals surface area (Å²) in [7, 11) is 0. The molecule has 0 bridgehead atoms. The Balaban J connectivity index is 2.50. The Morgan fingerprint density at radius 3 is 2.65 bits per heavy atom. The Kier molecular flexibility index (Phi) is 3.68. The second-order valence-electron chi connectivity index (χ2n) is 2.73. The van der Waals surface area contributed by atoms with E-state index < -0.39 is 35.3 Å². The summed E-state index contributed by atoms with van der Waals surface area (Å²) in [4.78, 5) is 24.2. The van der Waals surface area contributed by atoms with Crippen LogP contribution in [0.3, 0.4) is 0 Å². The number of carbonyl (C=O) groups is 1. The van der Waals surface area contributed by atoms with E-state index in [1.54, 1.807) is 0 Å². The van der Waals surface area contributed by atoms with E-state index in [1.807, 2.05) is 0 Å². The molecule has 0 aromatic carbocycles. The maximum absolute atomic E-state index is 11.6. The predicted octanol–water partition coefficient (Wildman–Crippen LogP) is 1.41. The van der Waals surface area contributed by atoms with Crippen molar-refractivity contribution >= 4 is 11.8 Å². The van der Waals surface area contributed by atoms with E-state index in [1.165, 1.54) is 5.48 Å². The molecule has 1 heterocycles. The van der Waals surface area contributed by atoms with Gasteiger partial charge in [0.2, 0.25) is 5.76 Å². The van der Waals surface area contributed by atoms with Crippen molar-refractivity contribution in [3.05, 3.63) is 28.0 Å². The van der Waals surface area contributed by atoms with E-state index >= 15 is 0 Å². The van der Waals surface area contributed by atoms with Gasteiger partial charge in [0.25, 0.3) is 0 Å². The number of hydrogen-bond acceptors (Lipinski definition) is 5. The lowest BCUT2D eigenvalue weighted by Gasteiger charge is -2.06. The van der Waals surface area contributed by atoms with Crippen LogP contribution in [-0.2, 0) is 4.84 Å². The summed E-state index contributed by atoms with van der Waals surface area (Å²) in [6, 6.07) is 1.82. The van der Waals surface area contributed by atoms with Crippen LogP contribution in [0.2, 0.25) is 0 Å². The highest BCUT2D eigenvalue weighted by molar-refractivity contribution is 5.90. The fraction of sp³-hybridized carbons (Fsp3) is 0.286. The lowest BCUT2D eigenvalue weighted by molar-refractivity contribution is -0.402. The van der Waals surface area contributed by atoms with Gasteiger partial charge in [0, 0.05) is 0 Å². The van der Waals surface area contributed by atoms with Crippen LogP contribution in [0, 0.1) is 10.1 Å². The van der Waals surface area contributed by atoms with Gasteiger partial charge >= 0.3 is 18.0 Å². The van der Waals surface area contributed by atoms with Gasteiger partial charge in [0.05, 0.1) is 6.07 Å². The van der Waals surface area contributed by atoms with Crippen LogP contribution in [-0.4, -0.2) is 23.6 Å². The molecular weight excluding hydrogens is 249 g/mol. The zero-order valence-corrected chi connectivity index (χ0v) is 7.98. The van der Waals surface area contributed by atoms with Gasteiger partial charge in [-0.05, 0) is 6.07 Å². The highest BCUT2D eigenvalue weighted by atomic mass is 19.4. The maximum Gasteiger partial charge on any atom is 0.433 e. The Hall–Kier alpha value is -2.10. The molecule has 7 nitrogen and oxygen atoms in total. The van der Waals surface area contributed by atoms with Crippen molar-refractivity contribution in [2.75, 3.05) is 6.61 Å². The number of furan rings is 1. The van der Waals surface area contributed by atoms with Gasteiger partial charge in [-0.1, -0.05) is 0 Å². The van der Waals surface area contributed by atoms with Crippen molar-refractivity contribution in [3.8, 4) is 0 Å². The fourth-order valence-corrected chi connectivity index (χ4v) is 0.782. The lowest BCUT2D eigenvalue weighted by atomic mass is 10.4. The second-order valence-corrected chi connectivity index (χ2v) is 2.73. The summed E-state index contributed by atoms with van der Waals surface area (Å²) < 4.78 is 39.3. The molecule has 1 rings (SSSR count). The molecule has 1 N–H and O–H groups in total. The molecule has 0 aliphatic heterocycles. The van der Waals surface area contributed by atoms with E-state index in [-0.39, 0.29) is 0 Å². The molecule has 1 aromatic rings. The molecular formula is C7H5F3N2O5. The minimum Gasteiger partial charge on any atom is -0.395 e. The zero-order valence-electron chi connectivity index (χ0n) is 7.98. The summed E-state index contributed by atoms with van der Waals surface area (Å²) in [5, 5.41) is 10.2. The number of hydrogen-bond donors (Lipinski definition) is 1. The van der Waals surface area contributed by atoms with Crippen molar-refractivity contribution in [1.82, 2.24) is 5.48 Å². The summed E-state index contributed by atoms with van der Waals surface area (Å²) in [6.45, 7) is -1.68. The smallest absolute Gasteiger partial charge is 0.395 e. The first-order valence-corrected chi connectivity index (χ1v) is 4.03. The Morgan fingerprint density at radius 1 is 1.53 bits per heavy atom. The standard InChI is InChI=1S/C7H5F3N2O5/c8-7(9,10)3-16-11-6(13)4-1-2-5(17-4)12(14)15/h1-2H,3H2,(H,11,13). The number of halogens is 3. The number of alkyl halides is 3. The first kappa shape index (κ1) is 13.0. The highest BCUT2D eigenvalue weighted by Gasteiger charge is 2.28. The van der Waals surface area contributed by atoms with Crippen LogP contribution in [0.15, 0.2) is 16.5 Å². The van der Waals surface area contributed by atoms with Crippen LogP contribution in [0.5, 0.6) is 0 Å². The van der Waals surface area contributed by atoms with Crippen LogP contribution >= 0.6 is 0 Å². The van der Waals surface area contributed by atoms with Gasteiger partial charge in [0.15, 0.2) is 6.61 Å². The summed E-state index contributed by atoms with van der Waals surface area (Å²) in [5.41, 5.74) is 1.43. The quantitative estimate of drug-likeness (QED) is 0.647. The molecule has 17 heavy (non-hydrogen) atoms. The summed E-state index contributed by atoms with van der Waals surface area (Å²) in [5.74, 6) is -2.38. The van der Waals surface area contributed by atoms with E-state index in [2.05, 4.69) is 9.25 Å². The van der Waals surface area contributed by atoms with E-state index in [4.69, 9.17) is 0 Å². The number of carbonyl (C=O) groups excluding carboxylic acids is 1. The first-order chi connectivity index (χ1) is 7.79. The second kappa shape index (κ2) is 4.82. The molecule has 0 saturated carbocycles. The molecule has 0 unspecified atom stereocenters. The third-order valence-electron chi connectivity index (χ3n) is 1.40. The predicted molar refractivity (Wildman–Crippen MR) is 44.8 cm³/mol. The Morgan fingerprint density at radius 2 is 2.18 bits per heavy atom. The molecule has 0 atom stereocenters. The molecule has 94 valence electrons. The molecule has 1 amide bonds. The summed E-state index contributed by atoms with van der Waals surface area (Å²) in [6.07, 6.45) is -4.59. The van der Waals surface area contributed by atoms with Gasteiger partial charge in [-0.2, -0.15) is 13.2 Å². The molecule has 0 spiro atoms. The summed E-state index contributed by atoms with van der Waals surface area (Å²) >= 11 is 0. The van der Waals surface area contributed by atoms with Crippen LogP contribution in [0.4, 0.5) is 19.1 Å². The molecule has 0 aliphatic rings. The van der Waals surface area contributed by atoms with E-state index in [0.717, 1.165) is 12.1 Å². The minimum absolute atomic E-state index is 0.529. The Labute approximate surface area is 91.2 Å². The average Bonchev–Trinajstić information content (AvgIpc) is 2.63. The number of nitro groups is 1. The van der Waals surface area contributed by atoms with Crippen molar-refractivity contribution in [2.45, 2.75) is 6.18 Å². The zero-order chi connectivity index (χ0) is 13.1. The van der Waals surface area contributed by atoms with Gasteiger partial charge in [0.1, 0.15) is 4.92 Å². The number of rotatable bonds is 4. The number of amides is 1. The van der Waals surface area contributed by atoms with Gasteiger partial charge in [-0.25, -0.2) is 5.48 Å². The van der Waals surface area contributed by atoms with Gasteiger partial charge < -0.3 is 4.42 Å². The van der Waals surface area contributed by atoms with Gasteiger partial charge in [-0.15, -0.1) is 0 Å². The molecule has 0 aliphatic carbocycles. The third kappa shape index (κ3) is 4.10. The molecule has 0 radical (unpaired) electrons. The average molecular weight is 254 g/mol. The van der Waals surface area contributed by atoms with Crippen molar-refractivity contribution in [1.29, 1.82) is 0 Å². The largest absolute Gasteiger partial charge is 0.433 e. The SMILES string of the molecule is O=C(NOCC(F)(F)F)c1ccc([N+](=O)[O-])o1. The monoisotopic (exact) mass is 254 g/mol. The fourth-order valence-electron chi connectivity index (χ4n) is 0.782. The highest BCUT2D eigenvalue weighted by Crippen LogP contribution is 2.16. The Bertz CT molecular complexity index is 427. The van der Waals surface area contributed by atoms with Crippen molar-refractivity contribution < 1.29 is 32.1 Å². The first-order valence-electron chi connectivity index (χ1n) is 4.03. The van der Waals surface area contributed by atoms with Crippen LogP contribution in [0.1, 0.15) is 10.6 Å². The number of hydroxylamine groups is 1. The third-order valence-corrected chi connectivity index (χ3v) is 1.40. The van der Waals surface area contributed by atoms with Crippen LogP contribution in [0.25, 0.3) is 0 Å². The van der Waals surface area contributed by atoms with E-state index in [0.29, 0.717) is 0 Å². The minimum atomic E-state index is -4.59. The maximum atomic E-state index is 11.6. The van der Waals surface area contributed by atoms with Crippen LogP contribution < -0.4 is 5.48 Å². The number of nitrogens with zero attached hydrogens (tertiary/aromatic N) is 1. The topological polar surface area (TPSA) is 94.6 Å². The van der Waals surface area contributed by atoms with Crippen molar-refractivity contribution in [2.24, 2.45) is 0 Å². The van der Waals surface area contributed by atoms with E-state index in [9.17, 15) is 28.1 Å². The van der Waals surface area contributed by atoms with Gasteiger partial charge in [-0.3, -0.25) is 19.7 Å². The lowest BCUT2D eigenvalue weighted by Crippen LogP contribution is -2.29. The van der Waals surface area contributed by atoms with Crippen molar-refractivity contribution in [3.63, 3.8) is 0 Å².